The number of carbonyl (C=O) groups is 1. The second kappa shape index (κ2) is 6.92. The maximum atomic E-state index is 11.7. The van der Waals surface area contributed by atoms with Crippen LogP contribution in [0.25, 0.3) is 0 Å². The molecule has 0 unspecified atom stereocenters. The van der Waals surface area contributed by atoms with Gasteiger partial charge in [0.25, 0.3) is 0 Å². The van der Waals surface area contributed by atoms with Crippen molar-refractivity contribution in [2.45, 2.75) is 63.5 Å². The predicted molar refractivity (Wildman–Crippen MR) is 77.0 cm³/mol. The normalized spacial score (nSPS) is 26.5. The van der Waals surface area contributed by atoms with Crippen LogP contribution in [0.4, 0.5) is 0 Å². The van der Waals surface area contributed by atoms with Crippen LogP contribution in [0.5, 0.6) is 0 Å². The lowest BCUT2D eigenvalue weighted by Gasteiger charge is -2.10. The minimum atomic E-state index is 0.0373. The van der Waals surface area contributed by atoms with Crippen molar-refractivity contribution in [3.63, 3.8) is 0 Å². The first-order valence-electron chi connectivity index (χ1n) is 6.90. The van der Waals surface area contributed by atoms with E-state index in [2.05, 4.69) is 22.4 Å². The van der Waals surface area contributed by atoms with E-state index in [4.69, 9.17) is 0 Å². The zero-order chi connectivity index (χ0) is 12.8. The Morgan fingerprint density at radius 2 is 2.06 bits per heavy atom. The Hall–Kier alpha value is -0.840. The van der Waals surface area contributed by atoms with E-state index < -0.39 is 0 Å². The average Bonchev–Trinajstić information content (AvgIpc) is 2.76. The molecule has 1 atom stereocenters. The molecule has 1 amide bonds. The van der Waals surface area contributed by atoms with Gasteiger partial charge in [-0.3, -0.25) is 4.79 Å². The summed E-state index contributed by atoms with van der Waals surface area (Å²) in [5.41, 5.74) is 1.18. The highest BCUT2D eigenvalue weighted by molar-refractivity contribution is 8.15. The zero-order valence-electron chi connectivity index (χ0n) is 10.9. The lowest BCUT2D eigenvalue weighted by Crippen LogP contribution is -2.24. The number of hydrogen-bond donors (Lipinski definition) is 1. The summed E-state index contributed by atoms with van der Waals surface area (Å²) in [4.78, 5) is 11.7. The van der Waals surface area contributed by atoms with E-state index >= 15 is 0 Å². The summed E-state index contributed by atoms with van der Waals surface area (Å²) in [6, 6.07) is 0. The van der Waals surface area contributed by atoms with Crippen LogP contribution in [0.2, 0.25) is 0 Å². The van der Waals surface area contributed by atoms with Gasteiger partial charge < -0.3 is 5.32 Å². The van der Waals surface area contributed by atoms with Crippen molar-refractivity contribution in [2.75, 3.05) is 0 Å². The Labute approximate surface area is 113 Å². The van der Waals surface area contributed by atoms with Gasteiger partial charge in [-0.1, -0.05) is 37.9 Å². The van der Waals surface area contributed by atoms with Crippen LogP contribution in [0.15, 0.2) is 10.2 Å². The molecule has 2 rings (SSSR count). The molecule has 1 aliphatic heterocycles. The third-order valence-electron chi connectivity index (χ3n) is 3.31. The fourth-order valence-corrected chi connectivity index (χ4v) is 3.18. The number of unbranched alkanes of at least 4 members (excludes halogenated alkanes) is 1. The van der Waals surface area contributed by atoms with Crippen LogP contribution in [-0.4, -0.2) is 22.0 Å². The van der Waals surface area contributed by atoms with E-state index in [1.54, 1.807) is 0 Å². The summed E-state index contributed by atoms with van der Waals surface area (Å²) >= 11 is 1.53. The van der Waals surface area contributed by atoms with E-state index in [-0.39, 0.29) is 11.2 Å². The van der Waals surface area contributed by atoms with E-state index in [1.807, 2.05) is 0 Å². The molecule has 0 aromatic carbocycles. The third-order valence-corrected chi connectivity index (χ3v) is 4.45. The largest absolute Gasteiger partial charge is 0.303 e. The summed E-state index contributed by atoms with van der Waals surface area (Å²) in [5.74, 6) is 0.0936. The smallest absolute Gasteiger partial charge is 0.239 e. The molecule has 4 nitrogen and oxygen atoms in total. The van der Waals surface area contributed by atoms with Gasteiger partial charge in [0.1, 0.15) is 0 Å². The molecule has 1 saturated heterocycles. The van der Waals surface area contributed by atoms with Crippen LogP contribution >= 0.6 is 11.8 Å². The fourth-order valence-electron chi connectivity index (χ4n) is 2.21. The second-order valence-corrected chi connectivity index (χ2v) is 6.06. The van der Waals surface area contributed by atoms with Gasteiger partial charge in [0.2, 0.25) is 5.91 Å². The van der Waals surface area contributed by atoms with Gasteiger partial charge in [0, 0.05) is 5.71 Å². The van der Waals surface area contributed by atoms with Crippen molar-refractivity contribution >= 4 is 28.5 Å². The molecule has 2 aliphatic rings. The molecule has 2 fully saturated rings. The molecule has 0 spiro atoms. The highest BCUT2D eigenvalue weighted by Crippen LogP contribution is 2.24. The number of amides is 1. The first-order chi connectivity index (χ1) is 8.79. The van der Waals surface area contributed by atoms with Gasteiger partial charge in [0.15, 0.2) is 5.17 Å². The average molecular weight is 267 g/mol. The predicted octanol–water partition coefficient (Wildman–Crippen LogP) is 3.08. The number of carbonyl (C=O) groups excluding carboxylic acids is 1. The lowest BCUT2D eigenvalue weighted by molar-refractivity contribution is -0.118. The van der Waals surface area contributed by atoms with Gasteiger partial charge in [-0.25, -0.2) is 0 Å². The van der Waals surface area contributed by atoms with Crippen molar-refractivity contribution in [3.05, 3.63) is 0 Å². The molecule has 1 heterocycles. The van der Waals surface area contributed by atoms with E-state index in [0.717, 1.165) is 32.1 Å². The number of rotatable bonds is 4. The van der Waals surface area contributed by atoms with Gasteiger partial charge in [-0.2, -0.15) is 5.10 Å². The van der Waals surface area contributed by atoms with E-state index in [0.29, 0.717) is 5.17 Å². The number of thioether (sulfide) groups is 1. The van der Waals surface area contributed by atoms with Crippen LogP contribution in [0, 0.1) is 0 Å². The number of amidine groups is 1. The molecule has 0 aromatic heterocycles. The Morgan fingerprint density at radius 3 is 2.78 bits per heavy atom. The monoisotopic (exact) mass is 267 g/mol. The number of hydrogen-bond acceptors (Lipinski definition) is 4. The van der Waals surface area contributed by atoms with Crippen molar-refractivity contribution in [1.29, 1.82) is 0 Å². The standard InChI is InChI=1S/C13H21N3OS/c1-2-3-9-11-12(17)14-13(18-11)16-15-10-7-5-4-6-8-10/h11H,2-9H2,1H3,(H,14,16,17)/t11-/m1/s1. The topological polar surface area (TPSA) is 53.8 Å². The highest BCUT2D eigenvalue weighted by atomic mass is 32.2. The summed E-state index contributed by atoms with van der Waals surface area (Å²) < 4.78 is 0. The SMILES string of the molecule is CCCC[C@H]1S/C(=N\N=C2CCCCC2)NC1=O. The Kier molecular flexibility index (Phi) is 5.23. The maximum Gasteiger partial charge on any atom is 0.239 e. The van der Waals surface area contributed by atoms with Crippen molar-refractivity contribution < 1.29 is 4.79 Å². The van der Waals surface area contributed by atoms with Crippen LogP contribution < -0.4 is 5.32 Å². The van der Waals surface area contributed by atoms with Crippen molar-refractivity contribution in [1.82, 2.24) is 5.32 Å². The summed E-state index contributed by atoms with van der Waals surface area (Å²) in [6.45, 7) is 2.14. The highest BCUT2D eigenvalue weighted by Gasteiger charge is 2.29. The Balaban J connectivity index is 1.88. The van der Waals surface area contributed by atoms with Gasteiger partial charge >= 0.3 is 0 Å². The van der Waals surface area contributed by atoms with Crippen molar-refractivity contribution in [3.8, 4) is 0 Å². The van der Waals surface area contributed by atoms with Crippen molar-refractivity contribution in [2.24, 2.45) is 10.2 Å². The van der Waals surface area contributed by atoms with Gasteiger partial charge in [-0.15, -0.1) is 5.10 Å². The fraction of sp³-hybridized carbons (Fsp3) is 0.769. The molecular weight excluding hydrogens is 246 g/mol. The molecular formula is C13H21N3OS. The molecule has 1 aliphatic carbocycles. The molecule has 18 heavy (non-hydrogen) atoms. The summed E-state index contributed by atoms with van der Waals surface area (Å²) in [5, 5.41) is 12.0. The number of nitrogens with zero attached hydrogens (tertiary/aromatic N) is 2. The Morgan fingerprint density at radius 1 is 1.28 bits per heavy atom. The first kappa shape index (κ1) is 13.6. The molecule has 100 valence electrons. The summed E-state index contributed by atoms with van der Waals surface area (Å²) in [7, 11) is 0. The maximum absolute atomic E-state index is 11.7. The van der Waals surface area contributed by atoms with Crippen LogP contribution in [0.3, 0.4) is 0 Å². The molecule has 5 heteroatoms. The third kappa shape index (κ3) is 3.83. The first-order valence-corrected chi connectivity index (χ1v) is 7.78. The zero-order valence-corrected chi connectivity index (χ0v) is 11.8. The molecule has 0 radical (unpaired) electrons. The Bertz CT molecular complexity index is 357. The quantitative estimate of drug-likeness (QED) is 0.796. The van der Waals surface area contributed by atoms with E-state index in [1.165, 1.54) is 36.7 Å². The van der Waals surface area contributed by atoms with Crippen LogP contribution in [0.1, 0.15) is 58.3 Å². The molecule has 0 bridgehead atoms. The summed E-state index contributed by atoms with van der Waals surface area (Å²) in [6.07, 6.45) is 9.03. The van der Waals surface area contributed by atoms with Gasteiger partial charge in [0.05, 0.1) is 5.25 Å². The molecule has 0 aromatic rings. The van der Waals surface area contributed by atoms with Gasteiger partial charge in [-0.05, 0) is 32.1 Å². The minimum Gasteiger partial charge on any atom is -0.303 e. The van der Waals surface area contributed by atoms with E-state index in [9.17, 15) is 4.79 Å². The number of nitrogens with one attached hydrogen (secondary N) is 1. The second-order valence-electron chi connectivity index (χ2n) is 4.87. The molecule has 1 saturated carbocycles. The molecule has 1 N–H and O–H groups in total. The lowest BCUT2D eigenvalue weighted by atomic mass is 9.99. The van der Waals surface area contributed by atoms with Crippen LogP contribution in [-0.2, 0) is 4.79 Å². The minimum absolute atomic E-state index is 0.0373.